The second-order valence-corrected chi connectivity index (χ2v) is 10.3. The first-order valence-corrected chi connectivity index (χ1v) is 14.2. The van der Waals surface area contributed by atoms with Crippen molar-refractivity contribution in [2.75, 3.05) is 105 Å². The van der Waals surface area contributed by atoms with Crippen molar-refractivity contribution in [3.63, 3.8) is 0 Å². The van der Waals surface area contributed by atoms with Gasteiger partial charge in [0.1, 0.15) is 5.60 Å². The zero-order valence-electron chi connectivity index (χ0n) is 25.0. The van der Waals surface area contributed by atoms with Gasteiger partial charge in [0.15, 0.2) is 0 Å². The van der Waals surface area contributed by atoms with Gasteiger partial charge in [-0.1, -0.05) is 6.58 Å². The number of carbonyl (C=O) groups excluding carboxylic acids is 4. The quantitative estimate of drug-likeness (QED) is 0.167. The molecule has 41 heavy (non-hydrogen) atoms. The van der Waals surface area contributed by atoms with Crippen molar-refractivity contribution in [1.82, 2.24) is 31.1 Å². The lowest BCUT2D eigenvalue weighted by atomic mass is 10.2. The Morgan fingerprint density at radius 2 is 1.29 bits per heavy atom. The molecule has 0 bridgehead atoms. The Kier molecular flexibility index (Phi) is 19.4. The zero-order chi connectivity index (χ0) is 30.3. The van der Waals surface area contributed by atoms with Crippen molar-refractivity contribution in [2.45, 2.75) is 32.8 Å². The summed E-state index contributed by atoms with van der Waals surface area (Å²) >= 11 is 0. The van der Waals surface area contributed by atoms with E-state index in [0.717, 1.165) is 0 Å². The van der Waals surface area contributed by atoms with Gasteiger partial charge in [0, 0.05) is 65.3 Å². The summed E-state index contributed by atoms with van der Waals surface area (Å²) in [7, 11) is 0. The van der Waals surface area contributed by atoms with Crippen LogP contribution in [-0.2, 0) is 33.3 Å². The van der Waals surface area contributed by atoms with E-state index in [-0.39, 0.29) is 30.7 Å². The number of carbonyl (C=O) groups is 4. The molecule has 1 fully saturated rings. The third-order valence-corrected chi connectivity index (χ3v) is 5.59. The fourth-order valence-corrected chi connectivity index (χ4v) is 3.48. The van der Waals surface area contributed by atoms with Crippen LogP contribution in [0.2, 0.25) is 0 Å². The predicted molar refractivity (Wildman–Crippen MR) is 153 cm³/mol. The van der Waals surface area contributed by atoms with Crippen molar-refractivity contribution in [2.24, 2.45) is 0 Å². The van der Waals surface area contributed by atoms with Crippen LogP contribution in [0.25, 0.3) is 0 Å². The number of rotatable bonds is 12. The molecule has 0 saturated carbocycles. The van der Waals surface area contributed by atoms with E-state index in [0.29, 0.717) is 98.5 Å². The normalized spacial score (nSPS) is 16.5. The van der Waals surface area contributed by atoms with Gasteiger partial charge in [-0.25, -0.2) is 4.79 Å². The highest BCUT2D eigenvalue weighted by Gasteiger charge is 2.22. The maximum absolute atomic E-state index is 12.5. The SMILES string of the molecule is C=CC(=O)NCCNC(=O)CCNCCNC(=O)CN1CCOCCOCCN(C(=O)OC(C)(C)C)CCOCC1. The highest BCUT2D eigenvalue weighted by atomic mass is 16.6. The first kappa shape index (κ1) is 36.2. The Morgan fingerprint density at radius 3 is 1.90 bits per heavy atom. The van der Waals surface area contributed by atoms with Gasteiger partial charge in [0.25, 0.3) is 0 Å². The maximum atomic E-state index is 12.5. The minimum Gasteiger partial charge on any atom is -0.444 e. The largest absolute Gasteiger partial charge is 0.444 e. The molecule has 0 atom stereocenters. The smallest absolute Gasteiger partial charge is 0.410 e. The van der Waals surface area contributed by atoms with Crippen LogP contribution < -0.4 is 21.3 Å². The topological polar surface area (TPSA) is 160 Å². The van der Waals surface area contributed by atoms with Gasteiger partial charge in [0.2, 0.25) is 17.7 Å². The Hall–Kier alpha value is -2.78. The van der Waals surface area contributed by atoms with Gasteiger partial charge >= 0.3 is 6.09 Å². The fraction of sp³-hybridized carbons (Fsp3) is 0.778. The zero-order valence-corrected chi connectivity index (χ0v) is 25.0. The molecule has 1 saturated heterocycles. The lowest BCUT2D eigenvalue weighted by Crippen LogP contribution is -2.42. The van der Waals surface area contributed by atoms with Crippen LogP contribution in [0.4, 0.5) is 4.79 Å². The van der Waals surface area contributed by atoms with Gasteiger partial charge in [-0.3, -0.25) is 19.3 Å². The predicted octanol–water partition coefficient (Wildman–Crippen LogP) is -0.897. The summed E-state index contributed by atoms with van der Waals surface area (Å²) in [5.74, 6) is -0.527. The Labute approximate surface area is 243 Å². The average molecular weight is 587 g/mol. The summed E-state index contributed by atoms with van der Waals surface area (Å²) < 4.78 is 22.5. The van der Waals surface area contributed by atoms with Crippen molar-refractivity contribution in [1.29, 1.82) is 0 Å². The highest BCUT2D eigenvalue weighted by molar-refractivity contribution is 5.86. The molecule has 0 aliphatic carbocycles. The molecule has 14 heteroatoms. The molecule has 4 amide bonds. The summed E-state index contributed by atoms with van der Waals surface area (Å²) in [5.41, 5.74) is -0.592. The van der Waals surface area contributed by atoms with E-state index in [4.69, 9.17) is 18.9 Å². The van der Waals surface area contributed by atoms with Gasteiger partial charge in [-0.2, -0.15) is 0 Å². The van der Waals surface area contributed by atoms with Crippen LogP contribution in [0.15, 0.2) is 12.7 Å². The number of amides is 4. The molecule has 1 aliphatic heterocycles. The van der Waals surface area contributed by atoms with Crippen LogP contribution in [0.1, 0.15) is 27.2 Å². The molecular weight excluding hydrogens is 536 g/mol. The first-order valence-electron chi connectivity index (χ1n) is 14.2. The summed E-state index contributed by atoms with van der Waals surface area (Å²) in [6.07, 6.45) is 1.06. The average Bonchev–Trinajstić information content (AvgIpc) is 2.92. The number of nitrogens with one attached hydrogen (secondary N) is 4. The second kappa shape index (κ2) is 21.9. The summed E-state index contributed by atoms with van der Waals surface area (Å²) in [6, 6.07) is 0. The number of hydrogen-bond acceptors (Lipinski definition) is 10. The molecule has 0 unspecified atom stereocenters. The van der Waals surface area contributed by atoms with E-state index in [9.17, 15) is 19.2 Å². The molecule has 0 aromatic rings. The first-order chi connectivity index (χ1) is 19.6. The number of hydrogen-bond donors (Lipinski definition) is 4. The van der Waals surface area contributed by atoms with Crippen molar-refractivity contribution in [3.05, 3.63) is 12.7 Å². The molecule has 0 radical (unpaired) electrons. The minimum atomic E-state index is -0.592. The van der Waals surface area contributed by atoms with Crippen LogP contribution >= 0.6 is 0 Å². The minimum absolute atomic E-state index is 0.122. The van der Waals surface area contributed by atoms with Crippen molar-refractivity contribution < 1.29 is 38.1 Å². The number of ether oxygens (including phenoxy) is 4. The van der Waals surface area contributed by atoms with E-state index in [1.165, 1.54) is 6.08 Å². The van der Waals surface area contributed by atoms with Crippen LogP contribution in [0.3, 0.4) is 0 Å². The third-order valence-electron chi connectivity index (χ3n) is 5.59. The molecule has 14 nitrogen and oxygen atoms in total. The molecule has 0 aromatic heterocycles. The standard InChI is InChI=1S/C27H50N6O8/c1-5-23(34)29-10-11-30-24(35)6-7-28-8-9-31-25(36)22-32-12-16-38-18-14-33(26(37)41-27(2,3)4)15-19-40-21-20-39-17-13-32/h5,28H,1,6-22H2,2-4H3,(H,29,34)(H,30,35)(H,31,36). The van der Waals surface area contributed by atoms with E-state index < -0.39 is 11.7 Å². The molecule has 0 aromatic carbocycles. The lowest BCUT2D eigenvalue weighted by molar-refractivity contribution is -0.123. The molecule has 4 N–H and O–H groups in total. The molecule has 236 valence electrons. The highest BCUT2D eigenvalue weighted by Crippen LogP contribution is 2.10. The van der Waals surface area contributed by atoms with Crippen molar-refractivity contribution in [3.8, 4) is 0 Å². The van der Waals surface area contributed by atoms with E-state index in [1.54, 1.807) is 4.90 Å². The van der Waals surface area contributed by atoms with E-state index in [1.807, 2.05) is 25.7 Å². The van der Waals surface area contributed by atoms with Gasteiger partial charge < -0.3 is 45.1 Å². The monoisotopic (exact) mass is 586 g/mol. The second-order valence-electron chi connectivity index (χ2n) is 10.3. The van der Waals surface area contributed by atoms with Crippen LogP contribution in [-0.4, -0.2) is 144 Å². The maximum Gasteiger partial charge on any atom is 0.410 e. The van der Waals surface area contributed by atoms with Gasteiger partial charge in [0.05, 0.1) is 46.2 Å². The van der Waals surface area contributed by atoms with Gasteiger partial charge in [-0.05, 0) is 26.8 Å². The summed E-state index contributed by atoms with van der Waals surface area (Å²) in [4.78, 5) is 51.4. The Morgan fingerprint density at radius 1 is 0.756 bits per heavy atom. The Balaban J connectivity index is 2.30. The van der Waals surface area contributed by atoms with E-state index in [2.05, 4.69) is 27.8 Å². The lowest BCUT2D eigenvalue weighted by Gasteiger charge is -2.27. The molecule has 1 heterocycles. The third kappa shape index (κ3) is 20.7. The van der Waals surface area contributed by atoms with Gasteiger partial charge in [-0.15, -0.1) is 0 Å². The summed E-state index contributed by atoms with van der Waals surface area (Å²) in [6.45, 7) is 15.4. The number of nitrogens with zero attached hydrogens (tertiary/aromatic N) is 2. The summed E-state index contributed by atoms with van der Waals surface area (Å²) in [5, 5.41) is 11.3. The van der Waals surface area contributed by atoms with Crippen molar-refractivity contribution >= 4 is 23.8 Å². The molecule has 1 rings (SSSR count). The van der Waals surface area contributed by atoms with Crippen LogP contribution in [0, 0.1) is 0 Å². The fourth-order valence-electron chi connectivity index (χ4n) is 3.48. The molecular formula is C27H50N6O8. The molecule has 0 spiro atoms. The Bertz CT molecular complexity index is 792. The van der Waals surface area contributed by atoms with E-state index >= 15 is 0 Å². The molecule has 1 aliphatic rings. The van der Waals surface area contributed by atoms with Crippen LogP contribution in [0.5, 0.6) is 0 Å².